The third-order valence-corrected chi connectivity index (χ3v) is 4.58. The van der Waals surface area contributed by atoms with Crippen LogP contribution in [0.1, 0.15) is 28.0 Å². The lowest BCUT2D eigenvalue weighted by Gasteiger charge is -2.12. The zero-order chi connectivity index (χ0) is 18.4. The zero-order valence-electron chi connectivity index (χ0n) is 14.3. The minimum atomic E-state index is -0.479. The highest BCUT2D eigenvalue weighted by Gasteiger charge is 2.15. The Morgan fingerprint density at radius 3 is 2.77 bits per heavy atom. The van der Waals surface area contributed by atoms with E-state index in [1.165, 1.54) is 11.1 Å². The lowest BCUT2D eigenvalue weighted by Crippen LogP contribution is -2.37. The zero-order valence-corrected chi connectivity index (χ0v) is 15.1. The van der Waals surface area contributed by atoms with Gasteiger partial charge in [0.2, 0.25) is 0 Å². The second-order valence-electron chi connectivity index (χ2n) is 5.83. The van der Waals surface area contributed by atoms with E-state index in [-0.39, 0.29) is 18.2 Å². The number of rotatable bonds is 7. The first-order valence-electron chi connectivity index (χ1n) is 8.21. The summed E-state index contributed by atoms with van der Waals surface area (Å²) in [5, 5.41) is 4.82. The van der Waals surface area contributed by atoms with Crippen LogP contribution in [0.15, 0.2) is 58.8 Å². The van der Waals surface area contributed by atoms with E-state index >= 15 is 0 Å². The number of hydrogen-bond acceptors (Lipinski definition) is 5. The fraction of sp³-hybridized carbons (Fsp3) is 0.211. The molecule has 0 aliphatic carbocycles. The Labute approximate surface area is 154 Å². The van der Waals surface area contributed by atoms with Crippen LogP contribution in [0.5, 0.6) is 5.75 Å². The fourth-order valence-corrected chi connectivity index (χ4v) is 3.25. The van der Waals surface area contributed by atoms with Gasteiger partial charge in [-0.25, -0.2) is 4.98 Å². The second-order valence-corrected chi connectivity index (χ2v) is 6.86. The van der Waals surface area contributed by atoms with Crippen LogP contribution in [0.3, 0.4) is 0 Å². The third kappa shape index (κ3) is 4.80. The highest BCUT2D eigenvalue weighted by molar-refractivity contribution is 7.09. The summed E-state index contributed by atoms with van der Waals surface area (Å²) in [4.78, 5) is 32.4. The minimum absolute atomic E-state index is 0.00788. The van der Waals surface area contributed by atoms with Gasteiger partial charge in [0.15, 0.2) is 0 Å². The van der Waals surface area contributed by atoms with Crippen molar-refractivity contribution in [3.63, 3.8) is 0 Å². The number of aromatic nitrogens is 2. The quantitative estimate of drug-likeness (QED) is 0.671. The largest absolute Gasteiger partial charge is 0.486 e. The lowest BCUT2D eigenvalue weighted by molar-refractivity contribution is 0.0938. The first-order valence-corrected chi connectivity index (χ1v) is 9.09. The molecule has 0 saturated carbocycles. The number of nitrogens with zero attached hydrogens (tertiary/aromatic N) is 1. The van der Waals surface area contributed by atoms with Gasteiger partial charge in [0, 0.05) is 23.5 Å². The molecule has 0 aliphatic rings. The molecule has 0 bridgehead atoms. The molecular weight excluding hydrogens is 350 g/mol. The van der Waals surface area contributed by atoms with Crippen LogP contribution in [-0.2, 0) is 13.0 Å². The van der Waals surface area contributed by atoms with Gasteiger partial charge in [0.1, 0.15) is 23.7 Å². The van der Waals surface area contributed by atoms with Gasteiger partial charge >= 0.3 is 0 Å². The number of aromatic amines is 1. The van der Waals surface area contributed by atoms with E-state index in [9.17, 15) is 9.59 Å². The van der Waals surface area contributed by atoms with Gasteiger partial charge in [0.05, 0.1) is 0 Å². The maximum Gasteiger partial charge on any atom is 0.263 e. The molecule has 7 heteroatoms. The second kappa shape index (κ2) is 8.44. The number of H-pyrrole nitrogens is 1. The van der Waals surface area contributed by atoms with Gasteiger partial charge in [-0.05, 0) is 30.5 Å². The molecule has 2 aromatic heterocycles. The number of para-hydroxylation sites is 1. The van der Waals surface area contributed by atoms with Crippen LogP contribution < -0.4 is 15.6 Å². The van der Waals surface area contributed by atoms with Crippen molar-refractivity contribution in [1.29, 1.82) is 0 Å². The summed E-state index contributed by atoms with van der Waals surface area (Å²) >= 11 is 1.64. The Bertz CT molecular complexity index is 907. The summed E-state index contributed by atoms with van der Waals surface area (Å²) in [6.45, 7) is 2.03. The Morgan fingerprint density at radius 1 is 1.27 bits per heavy atom. The third-order valence-electron chi connectivity index (χ3n) is 3.68. The SMILES string of the molecule is C[C@H](Cc1cccs1)NC(=O)c1cnc(COc2ccccc2)[nH]c1=O. The predicted molar refractivity (Wildman–Crippen MR) is 101 cm³/mol. The van der Waals surface area contributed by atoms with E-state index < -0.39 is 11.5 Å². The van der Waals surface area contributed by atoms with Crippen molar-refractivity contribution in [2.75, 3.05) is 0 Å². The number of benzene rings is 1. The molecule has 6 nitrogen and oxygen atoms in total. The number of hydrogen-bond donors (Lipinski definition) is 2. The fourth-order valence-electron chi connectivity index (χ4n) is 2.42. The first-order chi connectivity index (χ1) is 12.6. The average molecular weight is 369 g/mol. The van der Waals surface area contributed by atoms with Gasteiger partial charge in [-0.15, -0.1) is 11.3 Å². The Morgan fingerprint density at radius 2 is 2.08 bits per heavy atom. The smallest absolute Gasteiger partial charge is 0.263 e. The molecule has 3 aromatic rings. The van der Waals surface area contributed by atoms with Crippen molar-refractivity contribution in [2.24, 2.45) is 0 Å². The molecule has 26 heavy (non-hydrogen) atoms. The van der Waals surface area contributed by atoms with Crippen LogP contribution in [0.25, 0.3) is 0 Å². The highest BCUT2D eigenvalue weighted by atomic mass is 32.1. The van der Waals surface area contributed by atoms with Gasteiger partial charge in [-0.2, -0.15) is 0 Å². The van der Waals surface area contributed by atoms with Crippen molar-refractivity contribution in [3.05, 3.63) is 80.7 Å². The van der Waals surface area contributed by atoms with E-state index in [1.807, 2.05) is 54.8 Å². The maximum atomic E-state index is 12.3. The summed E-state index contributed by atoms with van der Waals surface area (Å²) < 4.78 is 5.54. The summed E-state index contributed by atoms with van der Waals surface area (Å²) in [6, 6.07) is 13.1. The summed E-state index contributed by atoms with van der Waals surface area (Å²) in [5.74, 6) is 0.611. The van der Waals surface area contributed by atoms with E-state index in [4.69, 9.17) is 4.74 Å². The molecule has 2 N–H and O–H groups in total. The van der Waals surface area contributed by atoms with Gasteiger partial charge in [0.25, 0.3) is 11.5 Å². The molecule has 0 radical (unpaired) electrons. The average Bonchev–Trinajstić information content (AvgIpc) is 3.13. The summed E-state index contributed by atoms with van der Waals surface area (Å²) in [7, 11) is 0. The maximum absolute atomic E-state index is 12.3. The number of carbonyl (C=O) groups excluding carboxylic acids is 1. The lowest BCUT2D eigenvalue weighted by atomic mass is 10.2. The molecular formula is C19H19N3O3S. The number of thiophene rings is 1. The molecule has 1 aromatic carbocycles. The normalized spacial score (nSPS) is 11.7. The molecule has 1 amide bonds. The molecule has 3 rings (SSSR count). The summed E-state index contributed by atoms with van der Waals surface area (Å²) in [6.07, 6.45) is 2.01. The van der Waals surface area contributed by atoms with Crippen molar-refractivity contribution < 1.29 is 9.53 Å². The van der Waals surface area contributed by atoms with E-state index in [2.05, 4.69) is 15.3 Å². The standard InChI is InChI=1S/C19H19N3O3S/c1-13(10-15-8-5-9-26-15)21-18(23)16-11-20-17(22-19(16)24)12-25-14-6-3-2-4-7-14/h2-9,11,13H,10,12H2,1H3,(H,21,23)(H,20,22,24)/t13-/m1/s1. The van der Waals surface area contributed by atoms with Crippen LogP contribution in [0.4, 0.5) is 0 Å². The van der Waals surface area contributed by atoms with Crippen molar-refractivity contribution in [3.8, 4) is 5.75 Å². The van der Waals surface area contributed by atoms with Crippen molar-refractivity contribution in [1.82, 2.24) is 15.3 Å². The summed E-state index contributed by atoms with van der Waals surface area (Å²) in [5.41, 5.74) is -0.487. The number of nitrogens with one attached hydrogen (secondary N) is 2. The monoisotopic (exact) mass is 369 g/mol. The van der Waals surface area contributed by atoms with E-state index in [0.29, 0.717) is 11.6 Å². The van der Waals surface area contributed by atoms with Crippen molar-refractivity contribution in [2.45, 2.75) is 26.0 Å². The van der Waals surface area contributed by atoms with Gasteiger partial charge in [-0.1, -0.05) is 24.3 Å². The molecule has 0 aliphatic heterocycles. The molecule has 2 heterocycles. The molecule has 0 spiro atoms. The van der Waals surface area contributed by atoms with E-state index in [0.717, 1.165) is 6.42 Å². The van der Waals surface area contributed by atoms with Crippen LogP contribution >= 0.6 is 11.3 Å². The van der Waals surface area contributed by atoms with Gasteiger partial charge < -0.3 is 15.0 Å². The van der Waals surface area contributed by atoms with Crippen LogP contribution in [0.2, 0.25) is 0 Å². The Kier molecular flexibility index (Phi) is 5.80. The molecule has 0 saturated heterocycles. The predicted octanol–water partition coefficient (Wildman–Crippen LogP) is 2.77. The minimum Gasteiger partial charge on any atom is -0.486 e. The molecule has 0 fully saturated rings. The number of carbonyl (C=O) groups is 1. The molecule has 134 valence electrons. The van der Waals surface area contributed by atoms with Crippen LogP contribution in [0, 0.1) is 0 Å². The Hall–Kier alpha value is -2.93. The molecule has 0 unspecified atom stereocenters. The van der Waals surface area contributed by atoms with E-state index in [1.54, 1.807) is 11.3 Å². The Balaban J connectivity index is 1.59. The molecule has 1 atom stereocenters. The first kappa shape index (κ1) is 17.9. The van der Waals surface area contributed by atoms with Crippen LogP contribution in [-0.4, -0.2) is 21.9 Å². The number of ether oxygens (including phenoxy) is 1. The number of amides is 1. The highest BCUT2D eigenvalue weighted by Crippen LogP contribution is 2.11. The van der Waals surface area contributed by atoms with Crippen molar-refractivity contribution >= 4 is 17.2 Å². The topological polar surface area (TPSA) is 84.1 Å². The van der Waals surface area contributed by atoms with Gasteiger partial charge in [-0.3, -0.25) is 9.59 Å².